The zero-order valence-electron chi connectivity index (χ0n) is 11.4. The van der Waals surface area contributed by atoms with Gasteiger partial charge in [0.15, 0.2) is 11.6 Å². The third kappa shape index (κ3) is 2.85. The molecule has 0 aromatic carbocycles. The smallest absolute Gasteiger partial charge is 0.257 e. The highest BCUT2D eigenvalue weighted by Gasteiger charge is 2.28. The molecule has 2 rings (SSSR count). The van der Waals surface area contributed by atoms with Crippen LogP contribution in [0, 0.1) is 5.82 Å². The molecule has 0 spiro atoms. The predicted molar refractivity (Wildman–Crippen MR) is 72.7 cm³/mol. The van der Waals surface area contributed by atoms with Gasteiger partial charge in [0.25, 0.3) is 5.91 Å². The first kappa shape index (κ1) is 13.8. The van der Waals surface area contributed by atoms with Crippen molar-refractivity contribution >= 4 is 11.7 Å². The van der Waals surface area contributed by atoms with Gasteiger partial charge < -0.3 is 10.2 Å². The maximum atomic E-state index is 14.2. The van der Waals surface area contributed by atoms with Crippen molar-refractivity contribution in [3.8, 4) is 0 Å². The van der Waals surface area contributed by atoms with Gasteiger partial charge in [0.1, 0.15) is 0 Å². The quantitative estimate of drug-likeness (QED) is 0.890. The van der Waals surface area contributed by atoms with Gasteiger partial charge in [-0.3, -0.25) is 4.79 Å². The third-order valence-electron chi connectivity index (χ3n) is 3.60. The first-order valence-electron chi connectivity index (χ1n) is 6.80. The molecule has 1 aromatic rings. The molecule has 19 heavy (non-hydrogen) atoms. The standard InChI is InChI=1S/C14H20FN3O/c1-3-8-16-13-12(15)11(7-9-17-13)14(19)18(2)10-5-4-6-10/h7,9-10H,3-6,8H2,1-2H3,(H,16,17). The maximum Gasteiger partial charge on any atom is 0.257 e. The highest BCUT2D eigenvalue weighted by Crippen LogP contribution is 2.26. The Balaban J connectivity index is 2.16. The number of pyridine rings is 1. The van der Waals surface area contributed by atoms with Gasteiger partial charge in [-0.1, -0.05) is 6.92 Å². The Labute approximate surface area is 113 Å². The highest BCUT2D eigenvalue weighted by molar-refractivity contribution is 5.95. The molecule has 104 valence electrons. The number of hydrogen-bond donors (Lipinski definition) is 1. The van der Waals surface area contributed by atoms with Crippen LogP contribution >= 0.6 is 0 Å². The van der Waals surface area contributed by atoms with Crippen LogP contribution in [0.4, 0.5) is 10.2 Å². The topological polar surface area (TPSA) is 45.2 Å². The molecule has 1 aromatic heterocycles. The van der Waals surface area contributed by atoms with Crippen LogP contribution in [-0.2, 0) is 0 Å². The van der Waals surface area contributed by atoms with Crippen LogP contribution in [0.5, 0.6) is 0 Å². The van der Waals surface area contributed by atoms with Gasteiger partial charge in [0, 0.05) is 25.8 Å². The first-order valence-corrected chi connectivity index (χ1v) is 6.80. The summed E-state index contributed by atoms with van der Waals surface area (Å²) in [5.41, 5.74) is 0.100. The molecule has 1 fully saturated rings. The molecule has 4 nitrogen and oxygen atoms in total. The Morgan fingerprint density at radius 1 is 1.58 bits per heavy atom. The van der Waals surface area contributed by atoms with E-state index in [1.165, 1.54) is 12.3 Å². The molecule has 1 aliphatic carbocycles. The highest BCUT2D eigenvalue weighted by atomic mass is 19.1. The van der Waals surface area contributed by atoms with Crippen LogP contribution in [0.15, 0.2) is 12.3 Å². The molecule has 1 saturated carbocycles. The van der Waals surface area contributed by atoms with E-state index in [9.17, 15) is 9.18 Å². The second-order valence-electron chi connectivity index (χ2n) is 4.95. The average molecular weight is 265 g/mol. The minimum Gasteiger partial charge on any atom is -0.368 e. The number of nitrogens with one attached hydrogen (secondary N) is 1. The lowest BCUT2D eigenvalue weighted by atomic mass is 9.91. The monoisotopic (exact) mass is 265 g/mol. The lowest BCUT2D eigenvalue weighted by Crippen LogP contribution is -2.41. The fraction of sp³-hybridized carbons (Fsp3) is 0.571. The van der Waals surface area contributed by atoms with Crippen molar-refractivity contribution in [2.45, 2.75) is 38.6 Å². The molecule has 0 unspecified atom stereocenters. The van der Waals surface area contributed by atoms with E-state index >= 15 is 0 Å². The number of rotatable bonds is 5. The summed E-state index contributed by atoms with van der Waals surface area (Å²) < 4.78 is 14.2. The summed E-state index contributed by atoms with van der Waals surface area (Å²) in [6, 6.07) is 1.70. The fourth-order valence-corrected chi connectivity index (χ4v) is 2.11. The zero-order valence-corrected chi connectivity index (χ0v) is 11.4. The number of hydrogen-bond acceptors (Lipinski definition) is 3. The molecule has 0 saturated heterocycles. The van der Waals surface area contributed by atoms with Crippen LogP contribution < -0.4 is 5.32 Å². The van der Waals surface area contributed by atoms with Crippen molar-refractivity contribution in [3.63, 3.8) is 0 Å². The number of amides is 1. The van der Waals surface area contributed by atoms with Crippen LogP contribution in [-0.4, -0.2) is 35.4 Å². The summed E-state index contributed by atoms with van der Waals surface area (Å²) in [6.45, 7) is 2.63. The van der Waals surface area contributed by atoms with Gasteiger partial charge in [-0.2, -0.15) is 0 Å². The molecule has 0 bridgehead atoms. The minimum atomic E-state index is -0.549. The van der Waals surface area contributed by atoms with Crippen LogP contribution in [0.1, 0.15) is 43.0 Å². The number of carbonyl (C=O) groups is 1. The Hall–Kier alpha value is -1.65. The number of carbonyl (C=O) groups excluding carboxylic acids is 1. The molecule has 1 aliphatic rings. The Morgan fingerprint density at radius 3 is 2.89 bits per heavy atom. The minimum absolute atomic E-state index is 0.100. The van der Waals surface area contributed by atoms with Crippen LogP contribution in [0.2, 0.25) is 0 Å². The molecule has 0 atom stereocenters. The number of aromatic nitrogens is 1. The van der Waals surface area contributed by atoms with E-state index in [-0.39, 0.29) is 23.3 Å². The van der Waals surface area contributed by atoms with Gasteiger partial charge in [-0.25, -0.2) is 9.37 Å². The van der Waals surface area contributed by atoms with Gasteiger partial charge in [-0.15, -0.1) is 0 Å². The van der Waals surface area contributed by atoms with Crippen LogP contribution in [0.25, 0.3) is 0 Å². The summed E-state index contributed by atoms with van der Waals surface area (Å²) >= 11 is 0. The van der Waals surface area contributed by atoms with E-state index in [0.717, 1.165) is 25.7 Å². The number of nitrogens with zero attached hydrogens (tertiary/aromatic N) is 2. The van der Waals surface area contributed by atoms with Crippen molar-refractivity contribution in [3.05, 3.63) is 23.6 Å². The van der Waals surface area contributed by atoms with Crippen molar-refractivity contribution < 1.29 is 9.18 Å². The average Bonchev–Trinajstić information content (AvgIpc) is 2.34. The van der Waals surface area contributed by atoms with E-state index < -0.39 is 5.82 Å². The molecule has 5 heteroatoms. The van der Waals surface area contributed by atoms with Crippen molar-refractivity contribution in [2.75, 3.05) is 18.9 Å². The number of anilines is 1. The summed E-state index contributed by atoms with van der Waals surface area (Å²) in [4.78, 5) is 17.8. The second kappa shape index (κ2) is 5.99. The Kier molecular flexibility index (Phi) is 4.35. The molecular formula is C14H20FN3O. The van der Waals surface area contributed by atoms with Crippen molar-refractivity contribution in [1.82, 2.24) is 9.88 Å². The van der Waals surface area contributed by atoms with Gasteiger partial charge in [0.2, 0.25) is 0 Å². The SMILES string of the molecule is CCCNc1nccc(C(=O)N(C)C2CCC2)c1F. The van der Waals surface area contributed by atoms with E-state index in [1.807, 2.05) is 6.92 Å². The molecule has 1 amide bonds. The van der Waals surface area contributed by atoms with Gasteiger partial charge in [-0.05, 0) is 31.7 Å². The van der Waals surface area contributed by atoms with E-state index in [0.29, 0.717) is 6.54 Å². The van der Waals surface area contributed by atoms with Crippen LogP contribution in [0.3, 0.4) is 0 Å². The molecule has 0 aliphatic heterocycles. The van der Waals surface area contributed by atoms with Gasteiger partial charge >= 0.3 is 0 Å². The fourth-order valence-electron chi connectivity index (χ4n) is 2.11. The molecule has 1 N–H and O–H groups in total. The molecule has 1 heterocycles. The third-order valence-corrected chi connectivity index (χ3v) is 3.60. The first-order chi connectivity index (χ1) is 9.15. The van der Waals surface area contributed by atoms with E-state index in [4.69, 9.17) is 0 Å². The molecular weight excluding hydrogens is 245 g/mol. The van der Waals surface area contributed by atoms with Crippen molar-refractivity contribution in [2.24, 2.45) is 0 Å². The largest absolute Gasteiger partial charge is 0.368 e. The Bertz CT molecular complexity index is 460. The lowest BCUT2D eigenvalue weighted by molar-refractivity contribution is 0.0647. The van der Waals surface area contributed by atoms with E-state index in [2.05, 4.69) is 10.3 Å². The van der Waals surface area contributed by atoms with Gasteiger partial charge in [0.05, 0.1) is 5.56 Å². The normalized spacial score (nSPS) is 14.9. The molecule has 0 radical (unpaired) electrons. The second-order valence-corrected chi connectivity index (χ2v) is 4.95. The predicted octanol–water partition coefficient (Wildman–Crippen LogP) is 2.67. The number of halogens is 1. The zero-order chi connectivity index (χ0) is 13.8. The summed E-state index contributed by atoms with van der Waals surface area (Å²) in [5.74, 6) is -0.647. The Morgan fingerprint density at radius 2 is 2.32 bits per heavy atom. The van der Waals surface area contributed by atoms with Crippen molar-refractivity contribution in [1.29, 1.82) is 0 Å². The summed E-state index contributed by atoms with van der Waals surface area (Å²) in [6.07, 6.45) is 5.51. The summed E-state index contributed by atoms with van der Waals surface area (Å²) in [5, 5.41) is 2.90. The van der Waals surface area contributed by atoms with E-state index in [1.54, 1.807) is 11.9 Å². The maximum absolute atomic E-state index is 14.2. The summed E-state index contributed by atoms with van der Waals surface area (Å²) in [7, 11) is 1.74. The lowest BCUT2D eigenvalue weighted by Gasteiger charge is -2.34.